The smallest absolute Gasteiger partial charge is 0.0642 e. The normalized spacial score (nSPS) is 18.9. The van der Waals surface area contributed by atoms with Crippen molar-refractivity contribution >= 4 is 5.69 Å². The molecule has 1 aliphatic heterocycles. The maximum absolute atomic E-state index is 5.81. The Morgan fingerprint density at radius 2 is 1.80 bits per heavy atom. The summed E-state index contributed by atoms with van der Waals surface area (Å²) in [7, 11) is 0. The van der Waals surface area contributed by atoms with Crippen molar-refractivity contribution in [1.29, 1.82) is 0 Å². The van der Waals surface area contributed by atoms with Crippen molar-refractivity contribution < 1.29 is 4.74 Å². The van der Waals surface area contributed by atoms with E-state index in [4.69, 9.17) is 10.5 Å². The summed E-state index contributed by atoms with van der Waals surface area (Å²) in [5.74, 6) is 0. The van der Waals surface area contributed by atoms with Gasteiger partial charge in [-0.2, -0.15) is 0 Å². The second-order valence-electron chi connectivity index (χ2n) is 3.98. The molecule has 0 aliphatic carbocycles. The van der Waals surface area contributed by atoms with Crippen molar-refractivity contribution in [3.8, 4) is 0 Å². The molecule has 82 valence electrons. The minimum absolute atomic E-state index is 0.115. The molecule has 0 amide bonds. The molecule has 0 bridgehead atoms. The maximum Gasteiger partial charge on any atom is 0.0642 e. The van der Waals surface area contributed by atoms with Crippen LogP contribution in [0, 0.1) is 0 Å². The van der Waals surface area contributed by atoms with Crippen LogP contribution in [-0.4, -0.2) is 26.3 Å². The monoisotopic (exact) mass is 206 g/mol. The number of nitrogens with zero attached hydrogens (tertiary/aromatic N) is 1. The Morgan fingerprint density at radius 1 is 1.20 bits per heavy atom. The number of hydrogen-bond acceptors (Lipinski definition) is 3. The fourth-order valence-corrected chi connectivity index (χ4v) is 1.81. The topological polar surface area (TPSA) is 38.5 Å². The maximum atomic E-state index is 5.81. The van der Waals surface area contributed by atoms with E-state index in [2.05, 4.69) is 29.2 Å². The van der Waals surface area contributed by atoms with Crippen molar-refractivity contribution in [3.05, 3.63) is 29.8 Å². The molecule has 0 unspecified atom stereocenters. The zero-order valence-corrected chi connectivity index (χ0v) is 9.15. The molecular weight excluding hydrogens is 188 g/mol. The number of rotatable bonds is 2. The van der Waals surface area contributed by atoms with Gasteiger partial charge in [0, 0.05) is 24.8 Å². The fourth-order valence-electron chi connectivity index (χ4n) is 1.81. The van der Waals surface area contributed by atoms with Gasteiger partial charge in [-0.1, -0.05) is 12.1 Å². The van der Waals surface area contributed by atoms with Gasteiger partial charge in [-0.3, -0.25) is 0 Å². The van der Waals surface area contributed by atoms with Crippen LogP contribution >= 0.6 is 0 Å². The van der Waals surface area contributed by atoms with Crippen LogP contribution in [0.15, 0.2) is 24.3 Å². The number of nitrogens with two attached hydrogens (primary N) is 1. The lowest BCUT2D eigenvalue weighted by atomic mass is 10.1. The number of ether oxygens (including phenoxy) is 1. The Hall–Kier alpha value is -1.06. The Balaban J connectivity index is 2.08. The molecule has 1 aromatic carbocycles. The lowest BCUT2D eigenvalue weighted by Crippen LogP contribution is -2.36. The van der Waals surface area contributed by atoms with E-state index in [1.54, 1.807) is 0 Å². The molecule has 1 aliphatic rings. The van der Waals surface area contributed by atoms with Crippen molar-refractivity contribution in [2.24, 2.45) is 5.73 Å². The SMILES string of the molecule is C[C@H](N)c1ccc(N2CCOCC2)cc1. The largest absolute Gasteiger partial charge is 0.378 e. The molecule has 2 N–H and O–H groups in total. The molecule has 1 saturated heterocycles. The van der Waals surface area contributed by atoms with Crippen LogP contribution in [0.1, 0.15) is 18.5 Å². The van der Waals surface area contributed by atoms with Gasteiger partial charge in [0.25, 0.3) is 0 Å². The summed E-state index contributed by atoms with van der Waals surface area (Å²) in [5.41, 5.74) is 8.26. The van der Waals surface area contributed by atoms with Crippen LogP contribution in [0.4, 0.5) is 5.69 Å². The second kappa shape index (κ2) is 4.64. The molecule has 15 heavy (non-hydrogen) atoms. The molecule has 1 aromatic rings. The van der Waals surface area contributed by atoms with Gasteiger partial charge < -0.3 is 15.4 Å². The van der Waals surface area contributed by atoms with Crippen LogP contribution in [0.2, 0.25) is 0 Å². The van der Waals surface area contributed by atoms with Crippen LogP contribution in [-0.2, 0) is 4.74 Å². The molecule has 0 spiro atoms. The molecular formula is C12H18N2O. The van der Waals surface area contributed by atoms with Crippen molar-refractivity contribution in [2.75, 3.05) is 31.2 Å². The first-order valence-electron chi connectivity index (χ1n) is 5.45. The van der Waals surface area contributed by atoms with Gasteiger partial charge >= 0.3 is 0 Å². The van der Waals surface area contributed by atoms with Gasteiger partial charge in [-0.15, -0.1) is 0 Å². The number of morpholine rings is 1. The van der Waals surface area contributed by atoms with E-state index in [-0.39, 0.29) is 6.04 Å². The van der Waals surface area contributed by atoms with E-state index in [1.165, 1.54) is 11.3 Å². The van der Waals surface area contributed by atoms with E-state index in [0.29, 0.717) is 0 Å². The quantitative estimate of drug-likeness (QED) is 0.797. The molecule has 2 rings (SSSR count). The predicted molar refractivity (Wildman–Crippen MR) is 62.1 cm³/mol. The van der Waals surface area contributed by atoms with Crippen LogP contribution in [0.25, 0.3) is 0 Å². The minimum Gasteiger partial charge on any atom is -0.378 e. The molecule has 3 nitrogen and oxygen atoms in total. The van der Waals surface area contributed by atoms with Crippen LogP contribution in [0.5, 0.6) is 0 Å². The summed E-state index contributed by atoms with van der Waals surface area (Å²) in [5, 5.41) is 0. The third-order valence-corrected chi connectivity index (χ3v) is 2.80. The average Bonchev–Trinajstić information content (AvgIpc) is 2.30. The standard InChI is InChI=1S/C12H18N2O/c1-10(13)11-2-4-12(5-3-11)14-6-8-15-9-7-14/h2-5,10H,6-9,13H2,1H3/t10-/m0/s1. The number of hydrogen-bond donors (Lipinski definition) is 1. The van der Waals surface area contributed by atoms with Gasteiger partial charge in [0.15, 0.2) is 0 Å². The van der Waals surface area contributed by atoms with Crippen molar-refractivity contribution in [3.63, 3.8) is 0 Å². The Labute approximate surface area is 90.8 Å². The molecule has 1 atom stereocenters. The van der Waals surface area contributed by atoms with Gasteiger partial charge in [0.1, 0.15) is 0 Å². The molecule has 1 heterocycles. The minimum atomic E-state index is 0.115. The fraction of sp³-hybridized carbons (Fsp3) is 0.500. The van der Waals surface area contributed by atoms with Crippen LogP contribution < -0.4 is 10.6 Å². The zero-order valence-electron chi connectivity index (χ0n) is 9.15. The first-order chi connectivity index (χ1) is 7.27. The van der Waals surface area contributed by atoms with Crippen molar-refractivity contribution in [2.45, 2.75) is 13.0 Å². The summed E-state index contributed by atoms with van der Waals surface area (Å²) >= 11 is 0. The van der Waals surface area contributed by atoms with Crippen LogP contribution in [0.3, 0.4) is 0 Å². The van der Waals surface area contributed by atoms with Gasteiger partial charge in [0.05, 0.1) is 13.2 Å². The van der Waals surface area contributed by atoms with E-state index in [1.807, 2.05) is 6.92 Å². The molecule has 3 heteroatoms. The molecule has 1 fully saturated rings. The molecule has 0 saturated carbocycles. The lowest BCUT2D eigenvalue weighted by molar-refractivity contribution is 0.122. The summed E-state index contributed by atoms with van der Waals surface area (Å²) in [6, 6.07) is 8.61. The first kappa shape index (κ1) is 10.5. The Bertz CT molecular complexity index is 302. The van der Waals surface area contributed by atoms with Crippen molar-refractivity contribution in [1.82, 2.24) is 0 Å². The summed E-state index contributed by atoms with van der Waals surface area (Å²) < 4.78 is 5.32. The highest BCUT2D eigenvalue weighted by Gasteiger charge is 2.10. The highest BCUT2D eigenvalue weighted by atomic mass is 16.5. The Morgan fingerprint density at radius 3 is 2.33 bits per heavy atom. The average molecular weight is 206 g/mol. The summed E-state index contributed by atoms with van der Waals surface area (Å²) in [4.78, 5) is 2.34. The highest BCUT2D eigenvalue weighted by Crippen LogP contribution is 2.18. The predicted octanol–water partition coefficient (Wildman–Crippen LogP) is 1.54. The van der Waals surface area contributed by atoms with Gasteiger partial charge in [-0.05, 0) is 24.6 Å². The zero-order chi connectivity index (χ0) is 10.7. The van der Waals surface area contributed by atoms with E-state index in [0.717, 1.165) is 26.3 Å². The highest BCUT2D eigenvalue weighted by molar-refractivity contribution is 5.48. The third kappa shape index (κ3) is 2.49. The van der Waals surface area contributed by atoms with E-state index >= 15 is 0 Å². The molecule has 0 radical (unpaired) electrons. The van der Waals surface area contributed by atoms with E-state index < -0.39 is 0 Å². The third-order valence-electron chi connectivity index (χ3n) is 2.80. The number of anilines is 1. The number of benzene rings is 1. The summed E-state index contributed by atoms with van der Waals surface area (Å²) in [6.07, 6.45) is 0. The van der Waals surface area contributed by atoms with Gasteiger partial charge in [-0.25, -0.2) is 0 Å². The van der Waals surface area contributed by atoms with E-state index in [9.17, 15) is 0 Å². The van der Waals surface area contributed by atoms with Gasteiger partial charge in [0.2, 0.25) is 0 Å². The Kier molecular flexibility index (Phi) is 3.23. The lowest BCUT2D eigenvalue weighted by Gasteiger charge is -2.29. The first-order valence-corrected chi connectivity index (χ1v) is 5.45. The second-order valence-corrected chi connectivity index (χ2v) is 3.98. The molecule has 0 aromatic heterocycles. The summed E-state index contributed by atoms with van der Waals surface area (Å²) in [6.45, 7) is 5.63.